The molecule has 1 aliphatic rings. The van der Waals surface area contributed by atoms with E-state index in [1.54, 1.807) is 48.5 Å². The van der Waals surface area contributed by atoms with Crippen LogP contribution in [0.15, 0.2) is 54.6 Å². The van der Waals surface area contributed by atoms with Gasteiger partial charge in [0.05, 0.1) is 6.04 Å². The zero-order chi connectivity index (χ0) is 30.1. The molecule has 1 N–H and O–H groups in total. The van der Waals surface area contributed by atoms with Crippen molar-refractivity contribution in [2.24, 2.45) is 0 Å². The summed E-state index contributed by atoms with van der Waals surface area (Å²) in [5.41, 5.74) is 1.31. The Kier molecular flexibility index (Phi) is 10.8. The van der Waals surface area contributed by atoms with Gasteiger partial charge >= 0.3 is 23.9 Å². The number of hydrogen-bond donors (Lipinski definition) is 1. The molecule has 0 aromatic heterocycles. The predicted molar refractivity (Wildman–Crippen MR) is 141 cm³/mol. The molecule has 12 nitrogen and oxygen atoms in total. The molecule has 3 rings (SSSR count). The summed E-state index contributed by atoms with van der Waals surface area (Å²) >= 11 is 0. The lowest BCUT2D eigenvalue weighted by Gasteiger charge is -2.43. The van der Waals surface area contributed by atoms with Crippen molar-refractivity contribution in [2.75, 3.05) is 6.61 Å². The minimum atomic E-state index is -1.35. The minimum Gasteiger partial charge on any atom is -0.463 e. The molecule has 41 heavy (non-hydrogen) atoms. The quantitative estimate of drug-likeness (QED) is 0.331. The van der Waals surface area contributed by atoms with E-state index in [1.165, 1.54) is 6.92 Å². The van der Waals surface area contributed by atoms with Gasteiger partial charge in [0.25, 0.3) is 5.91 Å². The van der Waals surface area contributed by atoms with Crippen LogP contribution in [0.3, 0.4) is 0 Å². The topological polar surface area (TPSA) is 153 Å². The third kappa shape index (κ3) is 9.04. The van der Waals surface area contributed by atoms with Crippen LogP contribution in [-0.2, 0) is 42.9 Å². The summed E-state index contributed by atoms with van der Waals surface area (Å²) in [4.78, 5) is 59.9. The molecule has 220 valence electrons. The number of amides is 1. The average Bonchev–Trinajstić information content (AvgIpc) is 2.91. The number of esters is 4. The molecule has 2 aromatic rings. The number of carbonyl (C=O) groups is 5. The molecular weight excluding hydrogens is 538 g/mol. The molecule has 1 saturated heterocycles. The second kappa shape index (κ2) is 14.3. The van der Waals surface area contributed by atoms with Crippen molar-refractivity contribution in [1.82, 2.24) is 5.32 Å². The first-order valence-corrected chi connectivity index (χ1v) is 12.9. The second-order valence-corrected chi connectivity index (χ2v) is 9.32. The average molecular weight is 572 g/mol. The highest BCUT2D eigenvalue weighted by Crippen LogP contribution is 2.31. The predicted octanol–water partition coefficient (Wildman–Crippen LogP) is 2.64. The van der Waals surface area contributed by atoms with Crippen LogP contribution in [0, 0.1) is 0 Å². The van der Waals surface area contributed by atoms with E-state index in [-0.39, 0.29) is 24.3 Å². The molecule has 1 amide bonds. The van der Waals surface area contributed by atoms with Crippen molar-refractivity contribution in [3.63, 3.8) is 0 Å². The SMILES string of the molecule is CC(=O)OCC1OC(Oc2ccc([C@H](C)NC(=O)c3ccccc3)cc2)C(OC(C)=O)C(OC(C)=O)C1OC(C)=O. The van der Waals surface area contributed by atoms with Crippen molar-refractivity contribution >= 4 is 29.8 Å². The van der Waals surface area contributed by atoms with Crippen LogP contribution in [-0.4, -0.2) is 67.1 Å². The molecule has 0 bridgehead atoms. The number of rotatable bonds is 10. The Bertz CT molecular complexity index is 1230. The second-order valence-electron chi connectivity index (χ2n) is 9.32. The molecule has 1 heterocycles. The van der Waals surface area contributed by atoms with Crippen LogP contribution in [0.1, 0.15) is 56.6 Å². The van der Waals surface area contributed by atoms with E-state index in [9.17, 15) is 24.0 Å². The maximum absolute atomic E-state index is 12.5. The van der Waals surface area contributed by atoms with Crippen LogP contribution in [0.5, 0.6) is 5.75 Å². The zero-order valence-electron chi connectivity index (χ0n) is 23.4. The van der Waals surface area contributed by atoms with Crippen molar-refractivity contribution < 1.29 is 52.4 Å². The molecule has 0 spiro atoms. The first-order valence-electron chi connectivity index (χ1n) is 12.9. The van der Waals surface area contributed by atoms with Gasteiger partial charge in [-0.2, -0.15) is 0 Å². The van der Waals surface area contributed by atoms with Gasteiger partial charge < -0.3 is 33.7 Å². The van der Waals surface area contributed by atoms with Gasteiger partial charge in [-0.3, -0.25) is 24.0 Å². The fourth-order valence-electron chi connectivity index (χ4n) is 4.21. The van der Waals surface area contributed by atoms with E-state index in [1.807, 2.05) is 13.0 Å². The van der Waals surface area contributed by atoms with Gasteiger partial charge in [0.1, 0.15) is 18.5 Å². The molecule has 0 saturated carbocycles. The summed E-state index contributed by atoms with van der Waals surface area (Å²) in [6.07, 6.45) is -6.45. The molecule has 0 radical (unpaired) electrons. The molecule has 0 aliphatic carbocycles. The Hall–Kier alpha value is -4.45. The van der Waals surface area contributed by atoms with E-state index in [4.69, 9.17) is 28.4 Å². The maximum Gasteiger partial charge on any atom is 0.303 e. The fraction of sp³-hybridized carbons (Fsp3) is 0.414. The number of ether oxygens (including phenoxy) is 6. The van der Waals surface area contributed by atoms with E-state index < -0.39 is 54.6 Å². The van der Waals surface area contributed by atoms with Gasteiger partial charge in [0.2, 0.25) is 12.4 Å². The van der Waals surface area contributed by atoms with Gasteiger partial charge in [-0.1, -0.05) is 30.3 Å². The lowest BCUT2D eigenvalue weighted by atomic mass is 9.98. The Morgan fingerprint density at radius 3 is 1.88 bits per heavy atom. The van der Waals surface area contributed by atoms with Crippen LogP contribution in [0.25, 0.3) is 0 Å². The van der Waals surface area contributed by atoms with Gasteiger partial charge in [-0.15, -0.1) is 0 Å². The van der Waals surface area contributed by atoms with Crippen molar-refractivity contribution in [2.45, 2.75) is 71.4 Å². The van der Waals surface area contributed by atoms with Crippen molar-refractivity contribution in [3.05, 3.63) is 65.7 Å². The largest absolute Gasteiger partial charge is 0.463 e. The van der Waals surface area contributed by atoms with Crippen molar-refractivity contribution in [3.8, 4) is 5.75 Å². The zero-order valence-corrected chi connectivity index (χ0v) is 23.4. The Morgan fingerprint density at radius 1 is 0.756 bits per heavy atom. The van der Waals surface area contributed by atoms with Crippen LogP contribution in [0.2, 0.25) is 0 Å². The highest BCUT2D eigenvalue weighted by Gasteiger charge is 2.53. The minimum absolute atomic E-state index is 0.226. The van der Waals surface area contributed by atoms with Crippen molar-refractivity contribution in [1.29, 1.82) is 0 Å². The summed E-state index contributed by atoms with van der Waals surface area (Å²) in [7, 11) is 0. The van der Waals surface area contributed by atoms with Gasteiger partial charge in [-0.25, -0.2) is 0 Å². The third-order valence-corrected chi connectivity index (χ3v) is 5.96. The Balaban J connectivity index is 1.83. The van der Waals surface area contributed by atoms with E-state index in [0.717, 1.165) is 26.3 Å². The molecule has 2 aromatic carbocycles. The molecule has 1 aliphatic heterocycles. The van der Waals surface area contributed by atoms with E-state index in [0.29, 0.717) is 5.56 Å². The molecule has 1 fully saturated rings. The lowest BCUT2D eigenvalue weighted by Crippen LogP contribution is -2.63. The van der Waals surface area contributed by atoms with Gasteiger partial charge in [-0.05, 0) is 36.8 Å². The Labute approximate surface area is 237 Å². The number of carbonyl (C=O) groups excluding carboxylic acids is 5. The van der Waals surface area contributed by atoms with E-state index >= 15 is 0 Å². The first-order chi connectivity index (χ1) is 19.4. The molecular formula is C29H33NO11. The van der Waals surface area contributed by atoms with Gasteiger partial charge in [0, 0.05) is 33.3 Å². The smallest absolute Gasteiger partial charge is 0.303 e. The summed E-state index contributed by atoms with van der Waals surface area (Å²) in [5.74, 6) is -2.77. The molecule has 12 heteroatoms. The standard InChI is InChI=1S/C29H33NO11/c1-16(30-28(35)22-9-7-6-8-10-22)21-11-13-23(14-12-21)40-29-27(39-20(5)34)26(38-19(4)33)25(37-18(3)32)24(41-29)15-36-17(2)31/h6-14,16,24-27,29H,15H2,1-5H3,(H,30,35)/t16-,24?,25?,26?,27?,29?/m0/s1. The summed E-state index contributed by atoms with van der Waals surface area (Å²) in [5, 5.41) is 2.92. The number of benzene rings is 2. The summed E-state index contributed by atoms with van der Waals surface area (Å²) in [6.45, 7) is 6.08. The highest BCUT2D eigenvalue weighted by atomic mass is 16.7. The third-order valence-electron chi connectivity index (χ3n) is 5.96. The number of nitrogens with one attached hydrogen (secondary N) is 1. The summed E-state index contributed by atoms with van der Waals surface area (Å²) in [6, 6.07) is 15.2. The molecule has 6 atom stereocenters. The van der Waals surface area contributed by atoms with Crippen LogP contribution in [0.4, 0.5) is 0 Å². The van der Waals surface area contributed by atoms with Gasteiger partial charge in [0.15, 0.2) is 12.2 Å². The Morgan fingerprint density at radius 2 is 1.32 bits per heavy atom. The summed E-state index contributed by atoms with van der Waals surface area (Å²) < 4.78 is 33.2. The van der Waals surface area contributed by atoms with Crippen LogP contribution >= 0.6 is 0 Å². The molecule has 5 unspecified atom stereocenters. The van der Waals surface area contributed by atoms with Crippen LogP contribution < -0.4 is 10.1 Å². The monoisotopic (exact) mass is 571 g/mol. The normalized spacial score (nSPS) is 22.4. The highest BCUT2D eigenvalue weighted by molar-refractivity contribution is 5.94. The lowest BCUT2D eigenvalue weighted by molar-refractivity contribution is -0.288. The first kappa shape index (κ1) is 31.1. The maximum atomic E-state index is 12.5. The number of hydrogen-bond acceptors (Lipinski definition) is 11. The fourth-order valence-corrected chi connectivity index (χ4v) is 4.21. The van der Waals surface area contributed by atoms with E-state index in [2.05, 4.69) is 5.32 Å².